The van der Waals surface area contributed by atoms with Crippen molar-refractivity contribution in [3.63, 3.8) is 0 Å². The van der Waals surface area contributed by atoms with Gasteiger partial charge in [-0.3, -0.25) is 15.1 Å². The van der Waals surface area contributed by atoms with Gasteiger partial charge in [-0.05, 0) is 31.5 Å². The number of pyridine rings is 1. The van der Waals surface area contributed by atoms with Gasteiger partial charge in [0.15, 0.2) is 0 Å². The van der Waals surface area contributed by atoms with Crippen molar-refractivity contribution in [2.75, 3.05) is 12.4 Å². The Balaban J connectivity index is 1.76. The van der Waals surface area contributed by atoms with Crippen molar-refractivity contribution in [1.82, 2.24) is 15.2 Å². The molecule has 0 saturated carbocycles. The van der Waals surface area contributed by atoms with Crippen LogP contribution >= 0.6 is 11.3 Å². The first-order chi connectivity index (χ1) is 12.6. The number of amides is 1. The smallest absolute Gasteiger partial charge is 0.259 e. The first kappa shape index (κ1) is 18.3. The molecule has 0 aliphatic carbocycles. The highest BCUT2D eigenvalue weighted by atomic mass is 32.1. The molecule has 26 heavy (non-hydrogen) atoms. The van der Waals surface area contributed by atoms with E-state index in [1.807, 2.05) is 31.2 Å². The van der Waals surface area contributed by atoms with Gasteiger partial charge in [-0.2, -0.15) is 0 Å². The molecule has 1 amide bonds. The molecule has 0 fully saturated rings. The minimum Gasteiger partial charge on any atom is -0.497 e. The fourth-order valence-corrected chi connectivity index (χ4v) is 3.47. The average Bonchev–Trinajstić information content (AvgIpc) is 3.08. The summed E-state index contributed by atoms with van der Waals surface area (Å²) in [5.41, 5.74) is 1.99. The summed E-state index contributed by atoms with van der Waals surface area (Å²) in [6.45, 7) is 3.99. The van der Waals surface area contributed by atoms with E-state index in [9.17, 15) is 4.79 Å². The molecule has 1 aromatic carbocycles. The number of nitrogens with zero attached hydrogens (tertiary/aromatic N) is 3. The van der Waals surface area contributed by atoms with Crippen LogP contribution in [0, 0.1) is 6.92 Å². The lowest BCUT2D eigenvalue weighted by Gasteiger charge is -2.08. The summed E-state index contributed by atoms with van der Waals surface area (Å²) in [5.74, 6) is 0.523. The molecule has 6 nitrogen and oxygen atoms in total. The summed E-state index contributed by atoms with van der Waals surface area (Å²) < 4.78 is 5.22. The molecule has 0 aliphatic heterocycles. The number of anilines is 1. The number of unbranched alkanes of at least 4 members (excludes halogenated alkanes) is 2. The SMILES string of the molecule is CCCCCc1nnc(NC(=O)c2cc3ccc(OC)cc3nc2C)s1. The van der Waals surface area contributed by atoms with Gasteiger partial charge in [-0.15, -0.1) is 10.2 Å². The van der Waals surface area contributed by atoms with Crippen molar-refractivity contribution >= 4 is 33.3 Å². The minimum atomic E-state index is -0.219. The third kappa shape index (κ3) is 4.16. The fourth-order valence-electron chi connectivity index (χ4n) is 2.70. The number of aromatic nitrogens is 3. The number of ether oxygens (including phenoxy) is 1. The number of benzene rings is 1. The Morgan fingerprint density at radius 3 is 2.85 bits per heavy atom. The molecular weight excluding hydrogens is 348 g/mol. The molecule has 136 valence electrons. The topological polar surface area (TPSA) is 77.0 Å². The van der Waals surface area contributed by atoms with E-state index >= 15 is 0 Å². The van der Waals surface area contributed by atoms with Gasteiger partial charge >= 0.3 is 0 Å². The highest BCUT2D eigenvalue weighted by molar-refractivity contribution is 7.15. The Kier molecular flexibility index (Phi) is 5.78. The predicted molar refractivity (Wildman–Crippen MR) is 104 cm³/mol. The largest absolute Gasteiger partial charge is 0.497 e. The molecule has 2 aromatic heterocycles. The molecule has 0 atom stereocenters. The number of carbonyl (C=O) groups is 1. The number of rotatable bonds is 7. The van der Waals surface area contributed by atoms with Gasteiger partial charge in [0.05, 0.1) is 23.9 Å². The summed E-state index contributed by atoms with van der Waals surface area (Å²) >= 11 is 1.43. The maximum atomic E-state index is 12.6. The maximum Gasteiger partial charge on any atom is 0.259 e. The second-order valence-electron chi connectivity index (χ2n) is 6.09. The second kappa shape index (κ2) is 8.23. The zero-order chi connectivity index (χ0) is 18.5. The molecule has 0 aliphatic rings. The quantitative estimate of drug-likeness (QED) is 0.624. The number of hydrogen-bond donors (Lipinski definition) is 1. The van der Waals surface area contributed by atoms with Crippen molar-refractivity contribution in [2.24, 2.45) is 0 Å². The zero-order valence-corrected chi connectivity index (χ0v) is 16.0. The van der Waals surface area contributed by atoms with Gasteiger partial charge in [0.2, 0.25) is 5.13 Å². The van der Waals surface area contributed by atoms with Crippen molar-refractivity contribution in [1.29, 1.82) is 0 Å². The van der Waals surface area contributed by atoms with Crippen LogP contribution in [0.2, 0.25) is 0 Å². The molecule has 0 bridgehead atoms. The summed E-state index contributed by atoms with van der Waals surface area (Å²) in [6.07, 6.45) is 4.34. The van der Waals surface area contributed by atoms with Crippen molar-refractivity contribution in [3.05, 3.63) is 40.5 Å². The average molecular weight is 370 g/mol. The van der Waals surface area contributed by atoms with Crippen LogP contribution in [0.3, 0.4) is 0 Å². The van der Waals surface area contributed by atoms with E-state index in [0.717, 1.165) is 34.5 Å². The van der Waals surface area contributed by atoms with Gasteiger partial charge < -0.3 is 4.74 Å². The van der Waals surface area contributed by atoms with Crippen LogP contribution in [0.4, 0.5) is 5.13 Å². The molecule has 0 radical (unpaired) electrons. The van der Waals surface area contributed by atoms with Crippen LogP contribution in [0.15, 0.2) is 24.3 Å². The fraction of sp³-hybridized carbons (Fsp3) is 0.368. The lowest BCUT2D eigenvalue weighted by atomic mass is 10.1. The van der Waals surface area contributed by atoms with Crippen molar-refractivity contribution < 1.29 is 9.53 Å². The van der Waals surface area contributed by atoms with Crippen LogP contribution < -0.4 is 10.1 Å². The van der Waals surface area contributed by atoms with Gasteiger partial charge in [-0.25, -0.2) is 0 Å². The molecule has 3 rings (SSSR count). The number of carbonyl (C=O) groups excluding carboxylic acids is 1. The Bertz CT molecular complexity index is 923. The first-order valence-electron chi connectivity index (χ1n) is 8.70. The summed E-state index contributed by atoms with van der Waals surface area (Å²) in [5, 5.41) is 13.4. The number of hydrogen-bond acceptors (Lipinski definition) is 6. The van der Waals surface area contributed by atoms with E-state index in [-0.39, 0.29) is 5.91 Å². The van der Waals surface area contributed by atoms with Crippen LogP contribution in [-0.4, -0.2) is 28.2 Å². The molecular formula is C19H22N4O2S. The molecule has 3 aromatic rings. The highest BCUT2D eigenvalue weighted by Gasteiger charge is 2.14. The summed E-state index contributed by atoms with van der Waals surface area (Å²) in [7, 11) is 1.62. The van der Waals surface area contributed by atoms with E-state index in [0.29, 0.717) is 16.4 Å². The Hall–Kier alpha value is -2.54. The van der Waals surface area contributed by atoms with E-state index in [1.165, 1.54) is 24.2 Å². The predicted octanol–water partition coefficient (Wildman–Crippen LogP) is 4.39. The van der Waals surface area contributed by atoms with Crippen LogP contribution in [-0.2, 0) is 6.42 Å². The number of aryl methyl sites for hydroxylation is 2. The van der Waals surface area contributed by atoms with E-state index < -0.39 is 0 Å². The molecule has 0 saturated heterocycles. The Morgan fingerprint density at radius 1 is 1.23 bits per heavy atom. The number of fused-ring (bicyclic) bond motifs is 1. The molecule has 2 heterocycles. The first-order valence-corrected chi connectivity index (χ1v) is 9.51. The standard InChI is InChI=1S/C19H22N4O2S/c1-4-5-6-7-17-22-23-19(26-17)21-18(24)15-10-13-8-9-14(25-3)11-16(13)20-12(15)2/h8-11H,4-7H2,1-3H3,(H,21,23,24). The number of methoxy groups -OCH3 is 1. The molecule has 7 heteroatoms. The minimum absolute atomic E-state index is 0.219. The Labute approximate surface area is 156 Å². The molecule has 0 spiro atoms. The molecule has 0 unspecified atom stereocenters. The van der Waals surface area contributed by atoms with Crippen molar-refractivity contribution in [3.8, 4) is 5.75 Å². The summed E-state index contributed by atoms with van der Waals surface area (Å²) in [6, 6.07) is 7.45. The van der Waals surface area contributed by atoms with Crippen LogP contribution in [0.25, 0.3) is 10.9 Å². The monoisotopic (exact) mass is 370 g/mol. The van der Waals surface area contributed by atoms with E-state index in [1.54, 1.807) is 7.11 Å². The lowest BCUT2D eigenvalue weighted by Crippen LogP contribution is -2.14. The van der Waals surface area contributed by atoms with Crippen LogP contribution in [0.5, 0.6) is 5.75 Å². The van der Waals surface area contributed by atoms with Gasteiger partial charge in [0.1, 0.15) is 10.8 Å². The normalized spacial score (nSPS) is 10.9. The van der Waals surface area contributed by atoms with E-state index in [2.05, 4.69) is 27.4 Å². The Morgan fingerprint density at radius 2 is 2.08 bits per heavy atom. The maximum absolute atomic E-state index is 12.6. The number of nitrogens with one attached hydrogen (secondary N) is 1. The van der Waals surface area contributed by atoms with Gasteiger partial charge in [0.25, 0.3) is 5.91 Å². The lowest BCUT2D eigenvalue weighted by molar-refractivity contribution is 0.102. The van der Waals surface area contributed by atoms with Gasteiger partial charge in [0, 0.05) is 17.9 Å². The van der Waals surface area contributed by atoms with Crippen molar-refractivity contribution in [2.45, 2.75) is 39.5 Å². The third-order valence-electron chi connectivity index (χ3n) is 4.14. The van der Waals surface area contributed by atoms with Gasteiger partial charge in [-0.1, -0.05) is 31.1 Å². The van der Waals surface area contributed by atoms with E-state index in [4.69, 9.17) is 4.74 Å². The summed E-state index contributed by atoms with van der Waals surface area (Å²) in [4.78, 5) is 17.2. The third-order valence-corrected chi connectivity index (χ3v) is 5.04. The zero-order valence-electron chi connectivity index (χ0n) is 15.2. The van der Waals surface area contributed by atoms with Crippen LogP contribution in [0.1, 0.15) is 47.2 Å². The molecule has 1 N–H and O–H groups in total. The second-order valence-corrected chi connectivity index (χ2v) is 7.15. The highest BCUT2D eigenvalue weighted by Crippen LogP contribution is 2.23.